The summed E-state index contributed by atoms with van der Waals surface area (Å²) in [6.07, 6.45) is 3.78. The second-order valence-electron chi connectivity index (χ2n) is 6.44. The summed E-state index contributed by atoms with van der Waals surface area (Å²) in [6, 6.07) is 1.55. The van der Waals surface area contributed by atoms with Crippen molar-refractivity contribution in [3.05, 3.63) is 23.0 Å². The average Bonchev–Trinajstić information content (AvgIpc) is 3.30. The molecule has 1 aromatic heterocycles. The standard InChI is InChI=1S/C16H23ClN2O3/c1-10(2)16(3,9-20)19-15(21)13-6-14(12(17)7-18-13)22-8-11-4-5-11/h6-7,10-11,20H,4-5,8-9H2,1-3H3,(H,19,21). The Kier molecular flexibility index (Phi) is 5.29. The van der Waals surface area contributed by atoms with Crippen LogP contribution >= 0.6 is 11.6 Å². The molecule has 1 saturated carbocycles. The van der Waals surface area contributed by atoms with Crippen LogP contribution in [-0.4, -0.2) is 34.8 Å². The number of halogens is 1. The fourth-order valence-corrected chi connectivity index (χ4v) is 1.99. The van der Waals surface area contributed by atoms with Gasteiger partial charge in [-0.1, -0.05) is 25.4 Å². The van der Waals surface area contributed by atoms with E-state index in [9.17, 15) is 9.90 Å². The molecule has 2 rings (SSSR count). The zero-order valence-corrected chi connectivity index (χ0v) is 14.0. The van der Waals surface area contributed by atoms with Crippen LogP contribution in [0.3, 0.4) is 0 Å². The Labute approximate surface area is 136 Å². The lowest BCUT2D eigenvalue weighted by atomic mass is 9.89. The van der Waals surface area contributed by atoms with E-state index >= 15 is 0 Å². The Morgan fingerprint density at radius 3 is 2.82 bits per heavy atom. The summed E-state index contributed by atoms with van der Waals surface area (Å²) < 4.78 is 5.65. The molecule has 0 radical (unpaired) electrons. The molecule has 1 aliphatic carbocycles. The third-order valence-corrected chi connectivity index (χ3v) is 4.51. The Bertz CT molecular complexity index is 546. The van der Waals surface area contributed by atoms with Crippen molar-refractivity contribution in [1.82, 2.24) is 10.3 Å². The van der Waals surface area contributed by atoms with Gasteiger partial charge in [-0.2, -0.15) is 0 Å². The predicted molar refractivity (Wildman–Crippen MR) is 85.3 cm³/mol. The van der Waals surface area contributed by atoms with Crippen molar-refractivity contribution < 1.29 is 14.6 Å². The number of pyridine rings is 1. The first-order valence-corrected chi connectivity index (χ1v) is 7.95. The third kappa shape index (κ3) is 4.11. The molecule has 5 nitrogen and oxygen atoms in total. The van der Waals surface area contributed by atoms with Gasteiger partial charge in [-0.15, -0.1) is 0 Å². The van der Waals surface area contributed by atoms with E-state index in [4.69, 9.17) is 16.3 Å². The highest BCUT2D eigenvalue weighted by molar-refractivity contribution is 6.32. The molecule has 1 amide bonds. The number of nitrogens with zero attached hydrogens (tertiary/aromatic N) is 1. The molecule has 1 fully saturated rings. The van der Waals surface area contributed by atoms with Gasteiger partial charge < -0.3 is 15.2 Å². The van der Waals surface area contributed by atoms with Crippen LogP contribution in [0.1, 0.15) is 44.1 Å². The average molecular weight is 327 g/mol. The lowest BCUT2D eigenvalue weighted by Crippen LogP contribution is -2.52. The quantitative estimate of drug-likeness (QED) is 0.808. The first kappa shape index (κ1) is 17.0. The Hall–Kier alpha value is -1.33. The van der Waals surface area contributed by atoms with Gasteiger partial charge in [-0.25, -0.2) is 4.98 Å². The molecule has 2 N–H and O–H groups in total. The highest BCUT2D eigenvalue weighted by Crippen LogP contribution is 2.31. The second kappa shape index (κ2) is 6.84. The van der Waals surface area contributed by atoms with Crippen LogP contribution in [0.2, 0.25) is 5.02 Å². The van der Waals surface area contributed by atoms with Gasteiger partial charge in [0, 0.05) is 6.07 Å². The predicted octanol–water partition coefficient (Wildman–Crippen LogP) is 2.66. The number of amides is 1. The smallest absolute Gasteiger partial charge is 0.270 e. The van der Waals surface area contributed by atoms with Gasteiger partial charge in [0.1, 0.15) is 16.5 Å². The first-order valence-electron chi connectivity index (χ1n) is 7.57. The SMILES string of the molecule is CC(C)C(C)(CO)NC(=O)c1cc(OCC2CC2)c(Cl)cn1. The topological polar surface area (TPSA) is 71.5 Å². The number of hydrogen-bond donors (Lipinski definition) is 2. The highest BCUT2D eigenvalue weighted by Gasteiger charge is 2.30. The molecule has 1 heterocycles. The largest absolute Gasteiger partial charge is 0.492 e. The molecular formula is C16H23ClN2O3. The lowest BCUT2D eigenvalue weighted by Gasteiger charge is -2.32. The zero-order valence-electron chi connectivity index (χ0n) is 13.2. The molecule has 0 aromatic carbocycles. The Balaban J connectivity index is 2.09. The van der Waals surface area contributed by atoms with Gasteiger partial charge in [0.05, 0.1) is 24.9 Å². The van der Waals surface area contributed by atoms with E-state index in [-0.39, 0.29) is 24.1 Å². The number of nitrogens with one attached hydrogen (secondary N) is 1. The number of aromatic nitrogens is 1. The molecule has 1 aromatic rings. The minimum atomic E-state index is -0.701. The van der Waals surface area contributed by atoms with E-state index in [1.165, 1.54) is 19.0 Å². The van der Waals surface area contributed by atoms with Crippen molar-refractivity contribution >= 4 is 17.5 Å². The lowest BCUT2D eigenvalue weighted by molar-refractivity contribution is 0.0778. The molecular weight excluding hydrogens is 304 g/mol. The number of carbonyl (C=O) groups is 1. The summed E-state index contributed by atoms with van der Waals surface area (Å²) in [5, 5.41) is 12.7. The summed E-state index contributed by atoms with van der Waals surface area (Å²) in [5.74, 6) is 0.807. The fraction of sp³-hybridized carbons (Fsp3) is 0.625. The maximum Gasteiger partial charge on any atom is 0.270 e. The Morgan fingerprint density at radius 1 is 1.59 bits per heavy atom. The number of carbonyl (C=O) groups excluding carboxylic acids is 1. The molecule has 0 spiro atoms. The van der Waals surface area contributed by atoms with Crippen molar-refractivity contribution in [3.8, 4) is 5.75 Å². The van der Waals surface area contributed by atoms with Gasteiger partial charge >= 0.3 is 0 Å². The number of ether oxygens (including phenoxy) is 1. The second-order valence-corrected chi connectivity index (χ2v) is 6.85. The van der Waals surface area contributed by atoms with Gasteiger partial charge in [0.2, 0.25) is 0 Å². The molecule has 122 valence electrons. The number of hydrogen-bond acceptors (Lipinski definition) is 4. The van der Waals surface area contributed by atoms with E-state index < -0.39 is 5.54 Å². The summed E-state index contributed by atoms with van der Waals surface area (Å²) in [6.45, 7) is 6.15. The molecule has 1 unspecified atom stereocenters. The van der Waals surface area contributed by atoms with E-state index in [0.717, 1.165) is 0 Å². The van der Waals surface area contributed by atoms with Crippen molar-refractivity contribution in [1.29, 1.82) is 0 Å². The molecule has 6 heteroatoms. The fourth-order valence-electron chi connectivity index (χ4n) is 1.84. The molecule has 0 bridgehead atoms. The third-order valence-electron chi connectivity index (χ3n) is 4.23. The molecule has 0 saturated heterocycles. The van der Waals surface area contributed by atoms with E-state index in [0.29, 0.717) is 23.3 Å². The van der Waals surface area contributed by atoms with Crippen molar-refractivity contribution in [2.75, 3.05) is 13.2 Å². The summed E-state index contributed by atoms with van der Waals surface area (Å²) >= 11 is 6.06. The van der Waals surface area contributed by atoms with Crippen LogP contribution in [0.25, 0.3) is 0 Å². The number of aliphatic hydroxyl groups is 1. The summed E-state index contributed by atoms with van der Waals surface area (Å²) in [4.78, 5) is 16.4. The normalized spacial score (nSPS) is 17.2. The summed E-state index contributed by atoms with van der Waals surface area (Å²) in [5.41, 5.74) is -0.469. The maximum absolute atomic E-state index is 12.4. The van der Waals surface area contributed by atoms with E-state index in [2.05, 4.69) is 10.3 Å². The van der Waals surface area contributed by atoms with Crippen LogP contribution < -0.4 is 10.1 Å². The van der Waals surface area contributed by atoms with Crippen LogP contribution in [0.15, 0.2) is 12.3 Å². The van der Waals surface area contributed by atoms with Crippen LogP contribution in [0, 0.1) is 11.8 Å². The van der Waals surface area contributed by atoms with Crippen molar-refractivity contribution in [2.24, 2.45) is 11.8 Å². The molecule has 0 aliphatic heterocycles. The molecule has 1 aliphatic rings. The minimum absolute atomic E-state index is 0.0827. The highest BCUT2D eigenvalue weighted by atomic mass is 35.5. The first-order chi connectivity index (χ1) is 10.4. The van der Waals surface area contributed by atoms with Gasteiger partial charge in [0.15, 0.2) is 0 Å². The van der Waals surface area contributed by atoms with Crippen LogP contribution in [-0.2, 0) is 0 Å². The van der Waals surface area contributed by atoms with Crippen LogP contribution in [0.4, 0.5) is 0 Å². The molecule has 1 atom stereocenters. The van der Waals surface area contributed by atoms with Gasteiger partial charge in [-0.3, -0.25) is 4.79 Å². The maximum atomic E-state index is 12.4. The summed E-state index contributed by atoms with van der Waals surface area (Å²) in [7, 11) is 0. The molecule has 22 heavy (non-hydrogen) atoms. The number of aliphatic hydroxyl groups excluding tert-OH is 1. The monoisotopic (exact) mass is 326 g/mol. The number of rotatable bonds is 7. The van der Waals surface area contributed by atoms with Crippen molar-refractivity contribution in [2.45, 2.75) is 39.2 Å². The Morgan fingerprint density at radius 2 is 2.27 bits per heavy atom. The van der Waals surface area contributed by atoms with E-state index in [1.54, 1.807) is 13.0 Å². The van der Waals surface area contributed by atoms with Crippen LogP contribution in [0.5, 0.6) is 5.75 Å². The zero-order chi connectivity index (χ0) is 16.3. The van der Waals surface area contributed by atoms with E-state index in [1.807, 2.05) is 13.8 Å². The van der Waals surface area contributed by atoms with Gasteiger partial charge in [0.25, 0.3) is 5.91 Å². The van der Waals surface area contributed by atoms with Gasteiger partial charge in [-0.05, 0) is 31.6 Å². The minimum Gasteiger partial charge on any atom is -0.492 e. The van der Waals surface area contributed by atoms with Crippen molar-refractivity contribution in [3.63, 3.8) is 0 Å².